The molecule has 1 aliphatic carbocycles. The van der Waals surface area contributed by atoms with Gasteiger partial charge in [-0.05, 0) is 55.5 Å². The van der Waals surface area contributed by atoms with Crippen molar-refractivity contribution in [1.82, 2.24) is 5.32 Å². The molecule has 0 amide bonds. The molecule has 3 heteroatoms. The molecule has 0 fully saturated rings. The number of nitrogens with one attached hydrogen (secondary N) is 1. The standard InChI is InChI=1S/C16H19NOS/c1-11(12-5-7-14(18)8-6-12)17-10-15-9-13-3-2-4-16(13)19-15/h5-9,11,17-18H,2-4,10H2,1H3. The quantitative estimate of drug-likeness (QED) is 0.888. The van der Waals surface area contributed by atoms with Gasteiger partial charge < -0.3 is 10.4 Å². The van der Waals surface area contributed by atoms with E-state index < -0.39 is 0 Å². The van der Waals surface area contributed by atoms with Gasteiger partial charge in [-0.1, -0.05) is 12.1 Å². The highest BCUT2D eigenvalue weighted by atomic mass is 32.1. The van der Waals surface area contributed by atoms with Crippen molar-refractivity contribution < 1.29 is 5.11 Å². The maximum Gasteiger partial charge on any atom is 0.115 e. The molecular formula is C16H19NOS. The van der Waals surface area contributed by atoms with E-state index in [-0.39, 0.29) is 0 Å². The first-order chi connectivity index (χ1) is 9.22. The van der Waals surface area contributed by atoms with Gasteiger partial charge in [-0.15, -0.1) is 11.3 Å². The van der Waals surface area contributed by atoms with Crippen LogP contribution in [0.25, 0.3) is 0 Å². The van der Waals surface area contributed by atoms with Gasteiger partial charge in [0.15, 0.2) is 0 Å². The van der Waals surface area contributed by atoms with E-state index in [2.05, 4.69) is 18.3 Å². The molecule has 100 valence electrons. The van der Waals surface area contributed by atoms with Crippen LogP contribution in [0.1, 0.15) is 40.3 Å². The number of fused-ring (bicyclic) bond motifs is 1. The molecule has 0 spiro atoms. The molecule has 1 unspecified atom stereocenters. The van der Waals surface area contributed by atoms with Crippen LogP contribution < -0.4 is 5.32 Å². The van der Waals surface area contributed by atoms with Crippen LogP contribution in [-0.4, -0.2) is 5.11 Å². The lowest BCUT2D eigenvalue weighted by Crippen LogP contribution is -2.17. The Morgan fingerprint density at radius 1 is 1.26 bits per heavy atom. The van der Waals surface area contributed by atoms with Gasteiger partial charge in [-0.3, -0.25) is 0 Å². The lowest BCUT2D eigenvalue weighted by molar-refractivity contribution is 0.474. The average Bonchev–Trinajstić information content (AvgIpc) is 2.97. The molecule has 1 heterocycles. The Bertz CT molecular complexity index is 537. The number of thiophene rings is 1. The van der Waals surface area contributed by atoms with Crippen molar-refractivity contribution in [2.75, 3.05) is 0 Å². The molecule has 1 atom stereocenters. The summed E-state index contributed by atoms with van der Waals surface area (Å²) in [5.74, 6) is 0.325. The molecule has 0 saturated heterocycles. The molecule has 0 radical (unpaired) electrons. The second-order valence-corrected chi connectivity index (χ2v) is 6.43. The Morgan fingerprint density at radius 2 is 2.05 bits per heavy atom. The summed E-state index contributed by atoms with van der Waals surface area (Å²) >= 11 is 1.96. The van der Waals surface area contributed by atoms with Crippen LogP contribution in [0.2, 0.25) is 0 Å². The third kappa shape index (κ3) is 2.82. The number of aryl methyl sites for hydroxylation is 2. The van der Waals surface area contributed by atoms with Crippen molar-refractivity contribution >= 4 is 11.3 Å². The predicted molar refractivity (Wildman–Crippen MR) is 79.7 cm³/mol. The fraction of sp³-hybridized carbons (Fsp3) is 0.375. The van der Waals surface area contributed by atoms with E-state index in [0.717, 1.165) is 6.54 Å². The van der Waals surface area contributed by atoms with E-state index in [0.29, 0.717) is 11.8 Å². The Balaban J connectivity index is 1.60. The number of phenols is 1. The molecule has 1 aromatic heterocycles. The zero-order chi connectivity index (χ0) is 13.2. The van der Waals surface area contributed by atoms with Gasteiger partial charge in [0, 0.05) is 22.3 Å². The van der Waals surface area contributed by atoms with Crippen LogP contribution in [0, 0.1) is 0 Å². The number of rotatable bonds is 4. The largest absolute Gasteiger partial charge is 0.508 e. The highest BCUT2D eigenvalue weighted by Crippen LogP contribution is 2.30. The number of phenolic OH excluding ortho intramolecular Hbond substituents is 1. The molecule has 19 heavy (non-hydrogen) atoms. The van der Waals surface area contributed by atoms with Crippen LogP contribution in [0.3, 0.4) is 0 Å². The van der Waals surface area contributed by atoms with Crippen LogP contribution >= 0.6 is 11.3 Å². The molecule has 0 saturated carbocycles. The van der Waals surface area contributed by atoms with Crippen LogP contribution in [-0.2, 0) is 19.4 Å². The van der Waals surface area contributed by atoms with Gasteiger partial charge in [0.1, 0.15) is 5.75 Å². The van der Waals surface area contributed by atoms with Crippen molar-refractivity contribution in [2.45, 2.75) is 38.8 Å². The first-order valence-corrected chi connectivity index (χ1v) is 7.67. The lowest BCUT2D eigenvalue weighted by Gasteiger charge is -2.13. The molecular weight excluding hydrogens is 254 g/mol. The van der Waals surface area contributed by atoms with Gasteiger partial charge in [-0.25, -0.2) is 0 Å². The molecule has 0 aliphatic heterocycles. The number of hydrogen-bond acceptors (Lipinski definition) is 3. The van der Waals surface area contributed by atoms with E-state index in [1.165, 1.54) is 29.7 Å². The summed E-state index contributed by atoms with van der Waals surface area (Å²) in [6, 6.07) is 10.1. The first kappa shape index (κ1) is 12.7. The smallest absolute Gasteiger partial charge is 0.115 e. The third-order valence-electron chi connectivity index (χ3n) is 3.77. The summed E-state index contributed by atoms with van der Waals surface area (Å²) < 4.78 is 0. The summed E-state index contributed by atoms with van der Waals surface area (Å²) in [5, 5.41) is 12.8. The van der Waals surface area contributed by atoms with Crippen molar-refractivity contribution in [3.8, 4) is 5.75 Å². The topological polar surface area (TPSA) is 32.3 Å². The SMILES string of the molecule is CC(NCc1cc2c(s1)CCC2)c1ccc(O)cc1. The zero-order valence-electron chi connectivity index (χ0n) is 11.1. The number of hydrogen-bond donors (Lipinski definition) is 2. The molecule has 0 bridgehead atoms. The maximum atomic E-state index is 9.29. The molecule has 2 aromatic rings. The molecule has 3 rings (SSSR count). The van der Waals surface area contributed by atoms with E-state index in [4.69, 9.17) is 0 Å². The van der Waals surface area contributed by atoms with Crippen molar-refractivity contribution in [3.63, 3.8) is 0 Å². The summed E-state index contributed by atoms with van der Waals surface area (Å²) in [4.78, 5) is 3.03. The second-order valence-electron chi connectivity index (χ2n) is 5.21. The predicted octanol–water partition coefficient (Wildman–Crippen LogP) is 3.79. The normalized spacial score (nSPS) is 15.4. The van der Waals surface area contributed by atoms with Gasteiger partial charge in [0.05, 0.1) is 0 Å². The van der Waals surface area contributed by atoms with Crippen LogP contribution in [0.5, 0.6) is 5.75 Å². The minimum atomic E-state index is 0.303. The number of aromatic hydroxyl groups is 1. The molecule has 2 N–H and O–H groups in total. The Labute approximate surface area is 118 Å². The molecule has 2 nitrogen and oxygen atoms in total. The highest BCUT2D eigenvalue weighted by Gasteiger charge is 2.15. The number of benzene rings is 1. The summed E-state index contributed by atoms with van der Waals surface area (Å²) in [7, 11) is 0. The molecule has 1 aliphatic rings. The van der Waals surface area contributed by atoms with Crippen molar-refractivity contribution in [1.29, 1.82) is 0 Å². The van der Waals surface area contributed by atoms with Gasteiger partial charge in [0.25, 0.3) is 0 Å². The first-order valence-electron chi connectivity index (χ1n) is 6.85. The Morgan fingerprint density at radius 3 is 2.79 bits per heavy atom. The second kappa shape index (κ2) is 5.35. The Kier molecular flexibility index (Phi) is 3.58. The summed E-state index contributed by atoms with van der Waals surface area (Å²) in [5.41, 5.74) is 2.78. The molecule has 1 aromatic carbocycles. The van der Waals surface area contributed by atoms with E-state index in [1.807, 2.05) is 23.5 Å². The van der Waals surface area contributed by atoms with Crippen LogP contribution in [0.15, 0.2) is 30.3 Å². The summed E-state index contributed by atoms with van der Waals surface area (Å²) in [6.07, 6.45) is 3.87. The zero-order valence-corrected chi connectivity index (χ0v) is 12.0. The Hall–Kier alpha value is -1.32. The highest BCUT2D eigenvalue weighted by molar-refractivity contribution is 7.12. The van der Waals surface area contributed by atoms with Gasteiger partial charge in [-0.2, -0.15) is 0 Å². The van der Waals surface area contributed by atoms with Gasteiger partial charge in [0.2, 0.25) is 0 Å². The van der Waals surface area contributed by atoms with Crippen molar-refractivity contribution in [2.24, 2.45) is 0 Å². The fourth-order valence-corrected chi connectivity index (χ4v) is 3.82. The fourth-order valence-electron chi connectivity index (χ4n) is 2.61. The lowest BCUT2D eigenvalue weighted by atomic mass is 10.1. The minimum absolute atomic E-state index is 0.303. The van der Waals surface area contributed by atoms with Crippen LogP contribution in [0.4, 0.5) is 0 Å². The maximum absolute atomic E-state index is 9.29. The van der Waals surface area contributed by atoms with E-state index in [9.17, 15) is 5.11 Å². The van der Waals surface area contributed by atoms with E-state index >= 15 is 0 Å². The van der Waals surface area contributed by atoms with E-state index in [1.54, 1.807) is 22.6 Å². The van der Waals surface area contributed by atoms with Crippen molar-refractivity contribution in [3.05, 3.63) is 51.2 Å². The third-order valence-corrected chi connectivity index (χ3v) is 5.01. The van der Waals surface area contributed by atoms with Gasteiger partial charge >= 0.3 is 0 Å². The summed E-state index contributed by atoms with van der Waals surface area (Å²) in [6.45, 7) is 3.09. The monoisotopic (exact) mass is 273 g/mol. The minimum Gasteiger partial charge on any atom is -0.508 e. The average molecular weight is 273 g/mol.